The predicted octanol–water partition coefficient (Wildman–Crippen LogP) is 3.41. The van der Waals surface area contributed by atoms with Gasteiger partial charge in [0.15, 0.2) is 0 Å². The molecule has 100 valence electrons. The van der Waals surface area contributed by atoms with E-state index in [0.717, 1.165) is 22.9 Å². The van der Waals surface area contributed by atoms with Gasteiger partial charge in [-0.15, -0.1) is 0 Å². The average molecular weight is 313 g/mol. The van der Waals surface area contributed by atoms with E-state index in [-0.39, 0.29) is 5.54 Å². The summed E-state index contributed by atoms with van der Waals surface area (Å²) < 4.78 is 6.77. The van der Waals surface area contributed by atoms with Crippen LogP contribution in [0, 0.1) is 0 Å². The number of rotatable bonds is 4. The van der Waals surface area contributed by atoms with Gasteiger partial charge in [-0.3, -0.25) is 4.98 Å². The monoisotopic (exact) mass is 312 g/mol. The summed E-state index contributed by atoms with van der Waals surface area (Å²) in [6.07, 6.45) is 10.9. The molecule has 1 aliphatic carbocycles. The van der Waals surface area contributed by atoms with E-state index in [1.54, 1.807) is 6.20 Å². The van der Waals surface area contributed by atoms with Gasteiger partial charge in [0.25, 0.3) is 0 Å². The van der Waals surface area contributed by atoms with Crippen LogP contribution in [0.4, 0.5) is 0 Å². The number of nitrogens with two attached hydrogens (primary N) is 1. The fourth-order valence-corrected chi connectivity index (χ4v) is 2.90. The minimum Gasteiger partial charge on any atom is -0.375 e. The summed E-state index contributed by atoms with van der Waals surface area (Å²) in [5, 5.41) is 0. The molecule has 0 aromatic carbocycles. The van der Waals surface area contributed by atoms with Gasteiger partial charge in [0.2, 0.25) is 0 Å². The second-order valence-electron chi connectivity index (χ2n) is 5.28. The molecule has 0 amide bonds. The molecule has 1 aromatic heterocycles. The second kappa shape index (κ2) is 6.64. The zero-order valence-electron chi connectivity index (χ0n) is 10.7. The van der Waals surface area contributed by atoms with Crippen molar-refractivity contribution in [1.82, 2.24) is 4.98 Å². The van der Waals surface area contributed by atoms with Crippen LogP contribution in [0.2, 0.25) is 0 Å². The fraction of sp³-hybridized carbons (Fsp3) is 0.643. The minimum atomic E-state index is -0.115. The van der Waals surface area contributed by atoms with Crippen LogP contribution in [0.15, 0.2) is 22.9 Å². The molecule has 18 heavy (non-hydrogen) atoms. The summed E-state index contributed by atoms with van der Waals surface area (Å²) in [4.78, 5) is 4.12. The predicted molar refractivity (Wildman–Crippen MR) is 76.2 cm³/mol. The lowest BCUT2D eigenvalue weighted by atomic mass is 9.93. The zero-order chi connectivity index (χ0) is 12.8. The van der Waals surface area contributed by atoms with Crippen molar-refractivity contribution in [2.75, 3.05) is 6.61 Å². The molecule has 0 saturated heterocycles. The minimum absolute atomic E-state index is 0.115. The highest BCUT2D eigenvalue weighted by atomic mass is 79.9. The standard InChI is InChI=1S/C14H21BrN2O/c15-13-7-12(8-17-9-13)10-18-11-14(16)5-3-1-2-4-6-14/h7-9H,1-6,10-11,16H2. The zero-order valence-corrected chi connectivity index (χ0v) is 12.3. The lowest BCUT2D eigenvalue weighted by Crippen LogP contribution is -2.43. The van der Waals surface area contributed by atoms with Crippen molar-refractivity contribution in [3.8, 4) is 0 Å². The normalized spacial score (nSPS) is 19.4. The van der Waals surface area contributed by atoms with E-state index in [1.807, 2.05) is 12.3 Å². The largest absolute Gasteiger partial charge is 0.375 e. The summed E-state index contributed by atoms with van der Waals surface area (Å²) >= 11 is 3.41. The molecule has 2 N–H and O–H groups in total. The van der Waals surface area contributed by atoms with Crippen molar-refractivity contribution in [1.29, 1.82) is 0 Å². The van der Waals surface area contributed by atoms with E-state index in [2.05, 4.69) is 20.9 Å². The Hall–Kier alpha value is -0.450. The van der Waals surface area contributed by atoms with Gasteiger partial charge >= 0.3 is 0 Å². The Bertz CT molecular complexity index is 376. The summed E-state index contributed by atoms with van der Waals surface area (Å²) in [7, 11) is 0. The number of aromatic nitrogens is 1. The quantitative estimate of drug-likeness (QED) is 0.867. The molecule has 1 fully saturated rings. The maximum absolute atomic E-state index is 6.40. The van der Waals surface area contributed by atoms with Crippen LogP contribution in [0.5, 0.6) is 0 Å². The molecule has 3 nitrogen and oxygen atoms in total. The first kappa shape index (κ1) is 14.0. The van der Waals surface area contributed by atoms with Gasteiger partial charge in [-0.25, -0.2) is 0 Å². The number of hydrogen-bond donors (Lipinski definition) is 1. The fourth-order valence-electron chi connectivity index (χ4n) is 2.48. The van der Waals surface area contributed by atoms with Crippen molar-refractivity contribution in [3.63, 3.8) is 0 Å². The Morgan fingerprint density at radius 1 is 1.22 bits per heavy atom. The van der Waals surface area contributed by atoms with Crippen molar-refractivity contribution < 1.29 is 4.74 Å². The van der Waals surface area contributed by atoms with Crippen molar-refractivity contribution in [3.05, 3.63) is 28.5 Å². The molecular weight excluding hydrogens is 292 g/mol. The molecule has 0 unspecified atom stereocenters. The van der Waals surface area contributed by atoms with Crippen LogP contribution in [0.1, 0.15) is 44.1 Å². The van der Waals surface area contributed by atoms with Crippen LogP contribution in [0.25, 0.3) is 0 Å². The van der Waals surface area contributed by atoms with E-state index in [9.17, 15) is 0 Å². The van der Waals surface area contributed by atoms with E-state index in [4.69, 9.17) is 10.5 Å². The highest BCUT2D eigenvalue weighted by Crippen LogP contribution is 2.25. The summed E-state index contributed by atoms with van der Waals surface area (Å²) in [5.74, 6) is 0. The van der Waals surface area contributed by atoms with Crippen LogP contribution in [-0.4, -0.2) is 17.1 Å². The van der Waals surface area contributed by atoms with Gasteiger partial charge in [-0.2, -0.15) is 0 Å². The van der Waals surface area contributed by atoms with Gasteiger partial charge < -0.3 is 10.5 Å². The molecule has 1 aromatic rings. The molecule has 1 aliphatic rings. The number of halogens is 1. The third-order valence-electron chi connectivity index (χ3n) is 3.52. The maximum atomic E-state index is 6.40. The van der Waals surface area contributed by atoms with Crippen molar-refractivity contribution in [2.45, 2.75) is 50.7 Å². The highest BCUT2D eigenvalue weighted by molar-refractivity contribution is 9.10. The Balaban J connectivity index is 1.80. The lowest BCUT2D eigenvalue weighted by Gasteiger charge is -2.27. The number of hydrogen-bond acceptors (Lipinski definition) is 3. The van der Waals surface area contributed by atoms with Crippen LogP contribution in [-0.2, 0) is 11.3 Å². The van der Waals surface area contributed by atoms with E-state index in [0.29, 0.717) is 13.2 Å². The van der Waals surface area contributed by atoms with Gasteiger partial charge in [0, 0.05) is 22.4 Å². The lowest BCUT2D eigenvalue weighted by molar-refractivity contribution is 0.0665. The molecule has 0 bridgehead atoms. The van der Waals surface area contributed by atoms with Crippen LogP contribution in [0.3, 0.4) is 0 Å². The van der Waals surface area contributed by atoms with Crippen molar-refractivity contribution >= 4 is 15.9 Å². The maximum Gasteiger partial charge on any atom is 0.0733 e. The van der Waals surface area contributed by atoms with E-state index >= 15 is 0 Å². The van der Waals surface area contributed by atoms with Crippen LogP contribution >= 0.6 is 15.9 Å². The van der Waals surface area contributed by atoms with E-state index < -0.39 is 0 Å². The second-order valence-corrected chi connectivity index (χ2v) is 6.20. The van der Waals surface area contributed by atoms with Gasteiger partial charge in [0.1, 0.15) is 0 Å². The first-order valence-electron chi connectivity index (χ1n) is 6.64. The number of ether oxygens (including phenoxy) is 1. The van der Waals surface area contributed by atoms with Gasteiger partial charge in [-0.05, 0) is 40.4 Å². The third kappa shape index (κ3) is 4.34. The Labute approximate surface area is 117 Å². The van der Waals surface area contributed by atoms with Gasteiger partial charge in [0.05, 0.1) is 13.2 Å². The van der Waals surface area contributed by atoms with E-state index in [1.165, 1.54) is 25.7 Å². The molecule has 2 rings (SSSR count). The molecule has 0 radical (unpaired) electrons. The smallest absolute Gasteiger partial charge is 0.0733 e. The molecule has 0 spiro atoms. The molecule has 1 heterocycles. The highest BCUT2D eigenvalue weighted by Gasteiger charge is 2.26. The van der Waals surface area contributed by atoms with Crippen LogP contribution < -0.4 is 5.73 Å². The summed E-state index contributed by atoms with van der Waals surface area (Å²) in [5.41, 5.74) is 7.37. The number of pyridine rings is 1. The molecular formula is C14H21BrN2O. The molecule has 0 aliphatic heterocycles. The molecule has 4 heteroatoms. The SMILES string of the molecule is NC1(COCc2cncc(Br)c2)CCCCCC1. The molecule has 1 saturated carbocycles. The van der Waals surface area contributed by atoms with Gasteiger partial charge in [-0.1, -0.05) is 25.7 Å². The first-order chi connectivity index (χ1) is 8.68. The topological polar surface area (TPSA) is 48.1 Å². The average Bonchev–Trinajstić information content (AvgIpc) is 2.55. The van der Waals surface area contributed by atoms with Crippen molar-refractivity contribution in [2.24, 2.45) is 5.73 Å². The molecule has 0 atom stereocenters. The summed E-state index contributed by atoms with van der Waals surface area (Å²) in [6.45, 7) is 1.24. The summed E-state index contributed by atoms with van der Waals surface area (Å²) in [6, 6.07) is 2.03. The number of nitrogens with zero attached hydrogens (tertiary/aromatic N) is 1. The third-order valence-corrected chi connectivity index (χ3v) is 3.95. The Morgan fingerprint density at radius 2 is 1.94 bits per heavy atom. The first-order valence-corrected chi connectivity index (χ1v) is 7.43. The Kier molecular flexibility index (Phi) is 5.15. The Morgan fingerprint density at radius 3 is 2.61 bits per heavy atom.